The molecule has 2 heteroatoms. The van der Waals surface area contributed by atoms with Crippen molar-refractivity contribution in [3.8, 4) is 0 Å². The van der Waals surface area contributed by atoms with E-state index in [1.54, 1.807) is 0 Å². The number of nitrogens with zero attached hydrogens (tertiary/aromatic N) is 1. The fraction of sp³-hybridized carbons (Fsp3) is 0.684. The first kappa shape index (κ1) is 16.4. The molecule has 0 aliphatic heterocycles. The topological polar surface area (TPSA) is 29.3 Å². The molecule has 118 valence electrons. The van der Waals surface area contributed by atoms with Crippen molar-refractivity contribution in [2.24, 2.45) is 17.6 Å². The van der Waals surface area contributed by atoms with E-state index in [-0.39, 0.29) is 5.54 Å². The maximum Gasteiger partial charge on any atom is 0.0524 e. The fourth-order valence-electron chi connectivity index (χ4n) is 4.07. The molecule has 0 aromatic heterocycles. The lowest BCUT2D eigenvalue weighted by Crippen LogP contribution is -2.54. The highest BCUT2D eigenvalue weighted by atomic mass is 15.2. The van der Waals surface area contributed by atoms with E-state index in [1.807, 2.05) is 0 Å². The Morgan fingerprint density at radius 3 is 2.48 bits per heavy atom. The van der Waals surface area contributed by atoms with E-state index in [0.29, 0.717) is 0 Å². The molecule has 0 spiro atoms. The molecule has 1 aromatic rings. The first-order valence-electron chi connectivity index (χ1n) is 8.65. The highest BCUT2D eigenvalue weighted by Gasteiger charge is 2.37. The maximum atomic E-state index is 6.30. The lowest BCUT2D eigenvalue weighted by Gasteiger charge is -2.44. The third kappa shape index (κ3) is 3.60. The zero-order valence-corrected chi connectivity index (χ0v) is 14.0. The molecule has 0 heterocycles. The molecular formula is C19H32N2. The van der Waals surface area contributed by atoms with Crippen molar-refractivity contribution in [3.63, 3.8) is 0 Å². The van der Waals surface area contributed by atoms with E-state index < -0.39 is 0 Å². The summed E-state index contributed by atoms with van der Waals surface area (Å²) in [6.07, 6.45) is 6.46. The summed E-state index contributed by atoms with van der Waals surface area (Å²) >= 11 is 0. The van der Waals surface area contributed by atoms with Crippen LogP contribution in [0, 0.1) is 11.8 Å². The zero-order chi connectivity index (χ0) is 15.3. The van der Waals surface area contributed by atoms with Crippen molar-refractivity contribution < 1.29 is 0 Å². The number of rotatable bonds is 5. The Morgan fingerprint density at radius 1 is 1.19 bits per heavy atom. The molecule has 1 aromatic carbocycles. The molecule has 0 amide bonds. The van der Waals surface area contributed by atoms with Gasteiger partial charge in [-0.3, -0.25) is 0 Å². The van der Waals surface area contributed by atoms with Crippen LogP contribution in [0.2, 0.25) is 0 Å². The Balaban J connectivity index is 2.23. The van der Waals surface area contributed by atoms with Gasteiger partial charge >= 0.3 is 0 Å². The Morgan fingerprint density at radius 2 is 1.90 bits per heavy atom. The summed E-state index contributed by atoms with van der Waals surface area (Å²) in [5.74, 6) is 1.67. The minimum absolute atomic E-state index is 0.153. The molecule has 2 rings (SSSR count). The minimum Gasteiger partial charge on any atom is -0.365 e. The molecule has 0 bridgehead atoms. The Hall–Kier alpha value is -1.02. The van der Waals surface area contributed by atoms with Gasteiger partial charge in [0, 0.05) is 18.8 Å². The van der Waals surface area contributed by atoms with Gasteiger partial charge in [-0.15, -0.1) is 0 Å². The van der Waals surface area contributed by atoms with Gasteiger partial charge in [-0.05, 0) is 50.2 Å². The van der Waals surface area contributed by atoms with Crippen LogP contribution in [0.25, 0.3) is 0 Å². The molecule has 21 heavy (non-hydrogen) atoms. The van der Waals surface area contributed by atoms with Crippen LogP contribution in [0.5, 0.6) is 0 Å². The third-order valence-corrected chi connectivity index (χ3v) is 5.48. The fourth-order valence-corrected chi connectivity index (χ4v) is 4.07. The number of anilines is 1. The van der Waals surface area contributed by atoms with Gasteiger partial charge < -0.3 is 10.6 Å². The number of likely N-dealkylation sites (N-methyl/N-ethyl adjacent to an activating group) is 1. The quantitative estimate of drug-likeness (QED) is 0.811. The predicted molar refractivity (Wildman–Crippen MR) is 92.7 cm³/mol. The highest BCUT2D eigenvalue weighted by Crippen LogP contribution is 2.38. The number of hydrogen-bond acceptors (Lipinski definition) is 2. The molecular weight excluding hydrogens is 256 g/mol. The summed E-state index contributed by atoms with van der Waals surface area (Å²) in [6.45, 7) is 8.80. The average molecular weight is 288 g/mol. The number of nitrogens with two attached hydrogens (primary N) is 1. The normalized spacial score (nSPS) is 26.6. The second-order valence-corrected chi connectivity index (χ2v) is 6.94. The first-order valence-corrected chi connectivity index (χ1v) is 8.65. The predicted octanol–water partition coefficient (Wildman–Crippen LogP) is 4.45. The van der Waals surface area contributed by atoms with Crippen LogP contribution in [0.4, 0.5) is 5.69 Å². The monoisotopic (exact) mass is 288 g/mol. The van der Waals surface area contributed by atoms with Gasteiger partial charge in [-0.2, -0.15) is 0 Å². The van der Waals surface area contributed by atoms with E-state index in [2.05, 4.69) is 56.0 Å². The van der Waals surface area contributed by atoms with Gasteiger partial charge in [-0.25, -0.2) is 0 Å². The smallest absolute Gasteiger partial charge is 0.0524 e. The molecule has 0 saturated heterocycles. The first-order chi connectivity index (χ1) is 10.1. The van der Waals surface area contributed by atoms with E-state index in [0.717, 1.165) is 24.9 Å². The lowest BCUT2D eigenvalue weighted by molar-refractivity contribution is 0.315. The highest BCUT2D eigenvalue weighted by molar-refractivity contribution is 5.49. The average Bonchev–Trinajstić information content (AvgIpc) is 2.73. The van der Waals surface area contributed by atoms with Crippen molar-refractivity contribution in [1.82, 2.24) is 0 Å². The van der Waals surface area contributed by atoms with Crippen LogP contribution in [-0.4, -0.2) is 18.6 Å². The van der Waals surface area contributed by atoms with Crippen molar-refractivity contribution in [3.05, 3.63) is 30.3 Å². The van der Waals surface area contributed by atoms with Gasteiger partial charge in [0.05, 0.1) is 5.54 Å². The lowest BCUT2D eigenvalue weighted by atomic mass is 9.85. The zero-order valence-electron chi connectivity index (χ0n) is 14.0. The van der Waals surface area contributed by atoms with Crippen LogP contribution in [0.3, 0.4) is 0 Å². The van der Waals surface area contributed by atoms with Crippen molar-refractivity contribution in [1.29, 1.82) is 0 Å². The molecule has 1 saturated carbocycles. The van der Waals surface area contributed by atoms with Crippen molar-refractivity contribution in [2.45, 2.75) is 58.4 Å². The molecule has 0 radical (unpaired) electrons. The maximum absolute atomic E-state index is 6.30. The summed E-state index contributed by atoms with van der Waals surface area (Å²) in [6, 6.07) is 10.8. The second-order valence-electron chi connectivity index (χ2n) is 6.94. The van der Waals surface area contributed by atoms with Crippen LogP contribution < -0.4 is 10.6 Å². The molecule has 2 nitrogen and oxygen atoms in total. The van der Waals surface area contributed by atoms with Gasteiger partial charge in [-0.1, -0.05) is 44.9 Å². The Labute approximate surface area is 130 Å². The summed E-state index contributed by atoms with van der Waals surface area (Å²) in [5, 5.41) is 0. The van der Waals surface area contributed by atoms with E-state index in [9.17, 15) is 0 Å². The second kappa shape index (κ2) is 7.31. The van der Waals surface area contributed by atoms with E-state index in [1.165, 1.54) is 37.8 Å². The van der Waals surface area contributed by atoms with Crippen LogP contribution >= 0.6 is 0 Å². The van der Waals surface area contributed by atoms with Crippen LogP contribution in [0.15, 0.2) is 30.3 Å². The largest absolute Gasteiger partial charge is 0.365 e. The molecule has 1 aliphatic rings. The third-order valence-electron chi connectivity index (χ3n) is 5.48. The van der Waals surface area contributed by atoms with Gasteiger partial charge in [0.15, 0.2) is 0 Å². The SMILES string of the molecule is CCN(c1ccccc1)C1(CN)CCCC(C(C)C)CC1. The summed E-state index contributed by atoms with van der Waals surface area (Å²) in [5.41, 5.74) is 7.78. The molecule has 1 aliphatic carbocycles. The number of benzene rings is 1. The van der Waals surface area contributed by atoms with Gasteiger partial charge in [0.25, 0.3) is 0 Å². The molecule has 2 unspecified atom stereocenters. The van der Waals surface area contributed by atoms with E-state index >= 15 is 0 Å². The summed E-state index contributed by atoms with van der Waals surface area (Å²) in [7, 11) is 0. The number of hydrogen-bond donors (Lipinski definition) is 1. The Kier molecular flexibility index (Phi) is 5.69. The van der Waals surface area contributed by atoms with Crippen LogP contribution in [0.1, 0.15) is 52.9 Å². The Bertz CT molecular complexity index is 415. The molecule has 2 N–H and O–H groups in total. The minimum atomic E-state index is 0.153. The summed E-state index contributed by atoms with van der Waals surface area (Å²) in [4.78, 5) is 2.57. The molecule has 2 atom stereocenters. The summed E-state index contributed by atoms with van der Waals surface area (Å²) < 4.78 is 0. The van der Waals surface area contributed by atoms with Gasteiger partial charge in [0.1, 0.15) is 0 Å². The van der Waals surface area contributed by atoms with Crippen molar-refractivity contribution in [2.75, 3.05) is 18.0 Å². The van der Waals surface area contributed by atoms with Crippen molar-refractivity contribution >= 4 is 5.69 Å². The standard InChI is InChI=1S/C19H32N2/c1-4-21(18-10-6-5-7-11-18)19(15-20)13-8-9-17(12-14-19)16(2)3/h5-7,10-11,16-17H,4,8-9,12-15,20H2,1-3H3. The molecule has 1 fully saturated rings. The van der Waals surface area contributed by atoms with Crippen LogP contribution in [-0.2, 0) is 0 Å². The van der Waals surface area contributed by atoms with E-state index in [4.69, 9.17) is 5.73 Å². The number of para-hydroxylation sites is 1. The van der Waals surface area contributed by atoms with Gasteiger partial charge in [0.2, 0.25) is 0 Å².